The Labute approximate surface area is 124 Å². The van der Waals surface area contributed by atoms with E-state index in [1.165, 1.54) is 0 Å². The topological polar surface area (TPSA) is 60.7 Å². The highest BCUT2D eigenvalue weighted by Crippen LogP contribution is 2.36. The number of rotatable bonds is 5. The number of benzene rings is 2. The molecular formula is C18H18O3. The van der Waals surface area contributed by atoms with Crippen LogP contribution >= 0.6 is 0 Å². The lowest BCUT2D eigenvalue weighted by atomic mass is 9.98. The summed E-state index contributed by atoms with van der Waals surface area (Å²) in [5.74, 6) is 0.212. The number of phenols is 2. The number of aliphatic hydroxyl groups excluding tert-OH is 1. The molecule has 3 nitrogen and oxygen atoms in total. The molecule has 0 aliphatic carbocycles. The summed E-state index contributed by atoms with van der Waals surface area (Å²) in [6.07, 6.45) is 5.85. The molecule has 108 valence electrons. The van der Waals surface area contributed by atoms with Crippen molar-refractivity contribution in [3.8, 4) is 22.6 Å². The van der Waals surface area contributed by atoms with Crippen LogP contribution in [0, 0.1) is 0 Å². The van der Waals surface area contributed by atoms with Crippen molar-refractivity contribution in [1.82, 2.24) is 0 Å². The van der Waals surface area contributed by atoms with E-state index >= 15 is 0 Å². The Morgan fingerprint density at radius 2 is 1.62 bits per heavy atom. The molecule has 0 amide bonds. The Bertz CT molecular complexity index is 672. The van der Waals surface area contributed by atoms with Crippen molar-refractivity contribution in [2.45, 2.75) is 6.42 Å². The lowest BCUT2D eigenvalue weighted by molar-refractivity contribution is 0.343. The second-order valence-corrected chi connectivity index (χ2v) is 4.71. The monoisotopic (exact) mass is 282 g/mol. The van der Waals surface area contributed by atoms with Gasteiger partial charge >= 0.3 is 0 Å². The molecule has 3 heteroatoms. The van der Waals surface area contributed by atoms with Crippen LogP contribution in [0.5, 0.6) is 11.5 Å². The molecule has 0 radical (unpaired) electrons. The molecule has 0 heterocycles. The maximum absolute atomic E-state index is 10.1. The Hall–Kier alpha value is -2.52. The van der Waals surface area contributed by atoms with Crippen molar-refractivity contribution in [2.24, 2.45) is 0 Å². The van der Waals surface area contributed by atoms with Gasteiger partial charge in [-0.1, -0.05) is 30.4 Å². The highest BCUT2D eigenvalue weighted by molar-refractivity contribution is 5.78. The van der Waals surface area contributed by atoms with Gasteiger partial charge in [0.25, 0.3) is 0 Å². The van der Waals surface area contributed by atoms with Gasteiger partial charge in [-0.15, -0.1) is 6.58 Å². The van der Waals surface area contributed by atoms with Crippen molar-refractivity contribution in [2.75, 3.05) is 6.61 Å². The molecule has 2 rings (SSSR count). The van der Waals surface area contributed by atoms with Crippen LogP contribution in [-0.2, 0) is 6.42 Å². The van der Waals surface area contributed by atoms with Gasteiger partial charge in [0, 0.05) is 11.1 Å². The maximum Gasteiger partial charge on any atom is 0.123 e. The standard InChI is InChI=1S/C18H18O3/c1-2-4-13-6-8-17(20)15(11-13)16-12-14(5-3-10-19)7-9-18(16)21/h2-3,5-9,11-12,19-21H,1,4,10H2. The number of aromatic hydroxyl groups is 2. The normalized spacial score (nSPS) is 10.9. The third-order valence-electron chi connectivity index (χ3n) is 3.17. The Kier molecular flexibility index (Phi) is 4.80. The first kappa shape index (κ1) is 14.9. The molecule has 0 saturated heterocycles. The second-order valence-electron chi connectivity index (χ2n) is 4.71. The van der Waals surface area contributed by atoms with E-state index in [0.717, 1.165) is 11.1 Å². The lowest BCUT2D eigenvalue weighted by Crippen LogP contribution is -1.87. The van der Waals surface area contributed by atoms with E-state index in [1.807, 2.05) is 12.1 Å². The van der Waals surface area contributed by atoms with Gasteiger partial charge < -0.3 is 15.3 Å². The van der Waals surface area contributed by atoms with Crippen molar-refractivity contribution >= 4 is 6.08 Å². The zero-order chi connectivity index (χ0) is 15.2. The molecule has 0 bridgehead atoms. The van der Waals surface area contributed by atoms with E-state index in [4.69, 9.17) is 5.11 Å². The van der Waals surface area contributed by atoms with E-state index in [1.54, 1.807) is 42.5 Å². The molecule has 2 aromatic rings. The number of hydrogen-bond donors (Lipinski definition) is 3. The SMILES string of the molecule is C=CCc1ccc(O)c(-c2cc(C=CCO)ccc2O)c1. The summed E-state index contributed by atoms with van der Waals surface area (Å²) < 4.78 is 0. The van der Waals surface area contributed by atoms with E-state index in [-0.39, 0.29) is 18.1 Å². The predicted octanol–water partition coefficient (Wildman–Crippen LogP) is 3.50. The number of aliphatic hydroxyl groups is 1. The van der Waals surface area contributed by atoms with Gasteiger partial charge in [-0.25, -0.2) is 0 Å². The summed E-state index contributed by atoms with van der Waals surface area (Å²) >= 11 is 0. The predicted molar refractivity (Wildman–Crippen MR) is 85.2 cm³/mol. The summed E-state index contributed by atoms with van der Waals surface area (Å²) in [4.78, 5) is 0. The van der Waals surface area contributed by atoms with Crippen LogP contribution in [0.25, 0.3) is 17.2 Å². The Morgan fingerprint density at radius 3 is 2.29 bits per heavy atom. The van der Waals surface area contributed by atoms with Gasteiger partial charge in [0.2, 0.25) is 0 Å². The molecule has 0 atom stereocenters. The van der Waals surface area contributed by atoms with Crippen LogP contribution in [0.3, 0.4) is 0 Å². The molecule has 0 spiro atoms. The minimum atomic E-state index is -0.0454. The number of allylic oxidation sites excluding steroid dienone is 1. The minimum absolute atomic E-state index is 0.0454. The van der Waals surface area contributed by atoms with Gasteiger partial charge in [0.15, 0.2) is 0 Å². The van der Waals surface area contributed by atoms with Gasteiger partial charge in [0.1, 0.15) is 11.5 Å². The summed E-state index contributed by atoms with van der Waals surface area (Å²) in [5, 5.41) is 28.9. The molecule has 21 heavy (non-hydrogen) atoms. The fourth-order valence-electron chi connectivity index (χ4n) is 2.15. The minimum Gasteiger partial charge on any atom is -0.507 e. The van der Waals surface area contributed by atoms with Gasteiger partial charge in [-0.05, 0) is 41.8 Å². The second kappa shape index (κ2) is 6.77. The first-order valence-corrected chi connectivity index (χ1v) is 6.69. The van der Waals surface area contributed by atoms with E-state index in [0.29, 0.717) is 17.5 Å². The first-order chi connectivity index (χ1) is 10.2. The van der Waals surface area contributed by atoms with E-state index in [9.17, 15) is 10.2 Å². The average molecular weight is 282 g/mol. The van der Waals surface area contributed by atoms with Crippen LogP contribution in [0.2, 0.25) is 0 Å². The molecule has 3 N–H and O–H groups in total. The molecule has 2 aromatic carbocycles. The Morgan fingerprint density at radius 1 is 0.952 bits per heavy atom. The molecular weight excluding hydrogens is 264 g/mol. The summed E-state index contributed by atoms with van der Waals surface area (Å²) in [5.41, 5.74) is 2.98. The zero-order valence-corrected chi connectivity index (χ0v) is 11.7. The highest BCUT2D eigenvalue weighted by Gasteiger charge is 2.10. The summed E-state index contributed by atoms with van der Waals surface area (Å²) in [6, 6.07) is 10.4. The van der Waals surface area contributed by atoms with Crippen molar-refractivity contribution < 1.29 is 15.3 Å². The van der Waals surface area contributed by atoms with Gasteiger partial charge in [-0.2, -0.15) is 0 Å². The maximum atomic E-state index is 10.1. The average Bonchev–Trinajstić information content (AvgIpc) is 2.49. The molecule has 0 aromatic heterocycles. The van der Waals surface area contributed by atoms with Crippen molar-refractivity contribution in [3.63, 3.8) is 0 Å². The fourth-order valence-corrected chi connectivity index (χ4v) is 2.15. The third kappa shape index (κ3) is 3.52. The van der Waals surface area contributed by atoms with E-state index < -0.39 is 0 Å². The van der Waals surface area contributed by atoms with Crippen LogP contribution in [-0.4, -0.2) is 21.9 Å². The molecule has 0 unspecified atom stereocenters. The molecule has 0 fully saturated rings. The Balaban J connectivity index is 2.51. The van der Waals surface area contributed by atoms with E-state index in [2.05, 4.69) is 6.58 Å². The first-order valence-electron chi connectivity index (χ1n) is 6.69. The van der Waals surface area contributed by atoms with Crippen molar-refractivity contribution in [3.05, 3.63) is 66.3 Å². The summed E-state index contributed by atoms with van der Waals surface area (Å²) in [6.45, 7) is 3.66. The molecule has 0 saturated carbocycles. The van der Waals surface area contributed by atoms with Crippen LogP contribution < -0.4 is 0 Å². The lowest BCUT2D eigenvalue weighted by Gasteiger charge is -2.10. The van der Waals surface area contributed by atoms with Crippen LogP contribution in [0.15, 0.2) is 55.1 Å². The van der Waals surface area contributed by atoms with Crippen molar-refractivity contribution in [1.29, 1.82) is 0 Å². The van der Waals surface area contributed by atoms with Gasteiger partial charge in [0.05, 0.1) is 6.61 Å². The molecule has 0 aliphatic heterocycles. The largest absolute Gasteiger partial charge is 0.507 e. The third-order valence-corrected chi connectivity index (χ3v) is 3.17. The summed E-state index contributed by atoms with van der Waals surface area (Å²) in [7, 11) is 0. The highest BCUT2D eigenvalue weighted by atomic mass is 16.3. The van der Waals surface area contributed by atoms with Gasteiger partial charge in [-0.3, -0.25) is 0 Å². The molecule has 0 aliphatic rings. The van der Waals surface area contributed by atoms with Crippen LogP contribution in [0.1, 0.15) is 11.1 Å². The van der Waals surface area contributed by atoms with Crippen LogP contribution in [0.4, 0.5) is 0 Å². The fraction of sp³-hybridized carbons (Fsp3) is 0.111. The number of phenolic OH excluding ortho intramolecular Hbond substituents is 2. The quantitative estimate of drug-likeness (QED) is 0.736. The smallest absolute Gasteiger partial charge is 0.123 e. The number of hydrogen-bond acceptors (Lipinski definition) is 3. The zero-order valence-electron chi connectivity index (χ0n) is 11.7.